The van der Waals surface area contributed by atoms with E-state index in [1.165, 1.54) is 30.7 Å². The van der Waals surface area contributed by atoms with Crippen LogP contribution in [0.15, 0.2) is 47.8 Å². The zero-order chi connectivity index (χ0) is 21.1. The topological polar surface area (TPSA) is 139 Å². The number of hydrogen-bond donors (Lipinski definition) is 3. The lowest BCUT2D eigenvalue weighted by molar-refractivity contribution is 0.0438. The summed E-state index contributed by atoms with van der Waals surface area (Å²) in [5.74, 6) is 0.0405. The van der Waals surface area contributed by atoms with E-state index in [2.05, 4.69) is 15.3 Å². The summed E-state index contributed by atoms with van der Waals surface area (Å²) < 4.78 is 28.9. The maximum absolute atomic E-state index is 12.3. The molecule has 1 aliphatic carbocycles. The second-order valence-electron chi connectivity index (χ2n) is 7.35. The molecule has 29 heavy (non-hydrogen) atoms. The summed E-state index contributed by atoms with van der Waals surface area (Å²) in [6, 6.07) is 5.99. The summed E-state index contributed by atoms with van der Waals surface area (Å²) in [4.78, 5) is 20.3. The van der Waals surface area contributed by atoms with E-state index in [4.69, 9.17) is 4.74 Å². The lowest BCUT2D eigenvalue weighted by atomic mass is 9.86. The van der Waals surface area contributed by atoms with Gasteiger partial charge < -0.3 is 20.3 Å². The predicted molar refractivity (Wildman–Crippen MR) is 103 cm³/mol. The fourth-order valence-corrected chi connectivity index (χ4v) is 3.98. The minimum atomic E-state index is -3.30. The molecule has 0 spiro atoms. The number of nitrogens with one attached hydrogen (secondary N) is 1. The number of nitrogens with zero attached hydrogens (tertiary/aromatic N) is 2. The van der Waals surface area contributed by atoms with E-state index in [0.29, 0.717) is 5.75 Å². The first kappa shape index (κ1) is 21.2. The number of benzene rings is 1. The van der Waals surface area contributed by atoms with Gasteiger partial charge in [0.2, 0.25) is 0 Å². The number of carbonyl (C=O) groups excluding carboxylic acids is 1. The molecule has 0 saturated heterocycles. The number of ether oxygens (including phenoxy) is 1. The molecule has 1 fully saturated rings. The number of aliphatic hydroxyl groups excluding tert-OH is 2. The predicted octanol–water partition coefficient (Wildman–Crippen LogP) is 0.191. The van der Waals surface area contributed by atoms with Crippen molar-refractivity contribution in [1.82, 2.24) is 15.3 Å². The van der Waals surface area contributed by atoms with Crippen molar-refractivity contribution in [2.45, 2.75) is 29.9 Å². The van der Waals surface area contributed by atoms with Crippen LogP contribution in [0.5, 0.6) is 5.75 Å². The Morgan fingerprint density at radius 1 is 1.21 bits per heavy atom. The molecule has 1 amide bonds. The maximum Gasteiger partial charge on any atom is 0.271 e. The van der Waals surface area contributed by atoms with Gasteiger partial charge in [0.15, 0.2) is 9.84 Å². The van der Waals surface area contributed by atoms with Crippen molar-refractivity contribution >= 4 is 15.7 Å². The number of rotatable bonds is 7. The van der Waals surface area contributed by atoms with Gasteiger partial charge in [-0.25, -0.2) is 13.4 Å². The molecule has 9 nitrogen and oxygen atoms in total. The average molecular weight is 421 g/mol. The Morgan fingerprint density at radius 2 is 1.86 bits per heavy atom. The van der Waals surface area contributed by atoms with Crippen LogP contribution in [0.2, 0.25) is 0 Å². The Labute approximate surface area is 168 Å². The molecule has 2 aromatic rings. The van der Waals surface area contributed by atoms with E-state index in [1.807, 2.05) is 0 Å². The molecule has 156 valence electrons. The Hall–Kier alpha value is -2.56. The summed E-state index contributed by atoms with van der Waals surface area (Å²) in [5, 5.41) is 22.8. The summed E-state index contributed by atoms with van der Waals surface area (Å²) in [5.41, 5.74) is -0.523. The third kappa shape index (κ3) is 5.28. The lowest BCUT2D eigenvalue weighted by Crippen LogP contribution is -2.40. The number of hydrogen-bond acceptors (Lipinski definition) is 8. The van der Waals surface area contributed by atoms with Gasteiger partial charge >= 0.3 is 0 Å². The van der Waals surface area contributed by atoms with Gasteiger partial charge in [-0.2, -0.15) is 0 Å². The molecule has 1 aromatic carbocycles. The first-order chi connectivity index (χ1) is 13.7. The highest BCUT2D eigenvalue weighted by atomic mass is 32.2. The molecule has 2 unspecified atom stereocenters. The molecule has 0 bridgehead atoms. The molecule has 1 aromatic heterocycles. The van der Waals surface area contributed by atoms with Crippen LogP contribution >= 0.6 is 0 Å². The van der Waals surface area contributed by atoms with E-state index in [0.717, 1.165) is 6.26 Å². The molecule has 0 radical (unpaired) electrons. The van der Waals surface area contributed by atoms with Gasteiger partial charge in [-0.15, -0.1) is 0 Å². The van der Waals surface area contributed by atoms with E-state index >= 15 is 0 Å². The highest BCUT2D eigenvalue weighted by Crippen LogP contribution is 2.38. The van der Waals surface area contributed by atoms with Crippen molar-refractivity contribution in [3.63, 3.8) is 0 Å². The minimum absolute atomic E-state index is 0.125. The fourth-order valence-electron chi connectivity index (χ4n) is 3.35. The van der Waals surface area contributed by atoms with Gasteiger partial charge in [-0.1, -0.05) is 0 Å². The molecular weight excluding hydrogens is 398 g/mol. The van der Waals surface area contributed by atoms with Gasteiger partial charge in [0.25, 0.3) is 5.91 Å². The normalized spacial score (nSPS) is 24.2. The smallest absolute Gasteiger partial charge is 0.271 e. The van der Waals surface area contributed by atoms with Gasteiger partial charge in [0, 0.05) is 30.6 Å². The second kappa shape index (κ2) is 8.44. The lowest BCUT2D eigenvalue weighted by Gasteiger charge is -2.29. The van der Waals surface area contributed by atoms with Crippen LogP contribution in [0.25, 0.3) is 0 Å². The molecular formula is C19H23N3O6S. The number of sulfone groups is 1. The fraction of sp³-hybridized carbons (Fsp3) is 0.421. The third-order valence-corrected chi connectivity index (χ3v) is 6.07. The Kier molecular flexibility index (Phi) is 6.15. The van der Waals surface area contributed by atoms with Gasteiger partial charge in [0.1, 0.15) is 11.4 Å². The minimum Gasteiger partial charge on any atom is -0.493 e. The van der Waals surface area contributed by atoms with Crippen molar-refractivity contribution in [1.29, 1.82) is 0 Å². The van der Waals surface area contributed by atoms with Crippen LogP contribution in [0.4, 0.5) is 0 Å². The van der Waals surface area contributed by atoms with Crippen molar-refractivity contribution in [2.24, 2.45) is 5.41 Å². The van der Waals surface area contributed by atoms with Crippen LogP contribution < -0.4 is 10.1 Å². The SMILES string of the molecule is CS(=O)(=O)c1ccc(OCC2(CNC(=O)c3cnccn3)CC(O)C(O)C2)cc1. The largest absolute Gasteiger partial charge is 0.493 e. The number of aliphatic hydroxyl groups is 2. The molecule has 3 N–H and O–H groups in total. The van der Waals surface area contributed by atoms with Crippen molar-refractivity contribution in [3.8, 4) is 5.75 Å². The molecule has 10 heteroatoms. The Balaban J connectivity index is 1.68. The summed E-state index contributed by atoms with van der Waals surface area (Å²) in [6.45, 7) is 0.290. The van der Waals surface area contributed by atoms with E-state index < -0.39 is 33.4 Å². The monoisotopic (exact) mass is 421 g/mol. The second-order valence-corrected chi connectivity index (χ2v) is 9.36. The molecule has 1 saturated carbocycles. The molecule has 3 rings (SSSR count). The van der Waals surface area contributed by atoms with Crippen molar-refractivity contribution in [3.05, 3.63) is 48.5 Å². The number of carbonyl (C=O) groups is 1. The number of amides is 1. The highest BCUT2D eigenvalue weighted by Gasteiger charge is 2.45. The molecule has 0 aliphatic heterocycles. The Bertz CT molecular complexity index is 940. The first-order valence-corrected chi connectivity index (χ1v) is 10.9. The van der Waals surface area contributed by atoms with Gasteiger partial charge in [0.05, 0.1) is 29.9 Å². The third-order valence-electron chi connectivity index (χ3n) is 4.95. The van der Waals surface area contributed by atoms with Crippen LogP contribution in [0.3, 0.4) is 0 Å². The maximum atomic E-state index is 12.3. The molecule has 2 atom stereocenters. The quantitative estimate of drug-likeness (QED) is 0.576. The van der Waals surface area contributed by atoms with Crippen LogP contribution in [0.1, 0.15) is 23.3 Å². The van der Waals surface area contributed by atoms with E-state index in [1.54, 1.807) is 12.1 Å². The summed E-state index contributed by atoms with van der Waals surface area (Å²) >= 11 is 0. The molecule has 1 heterocycles. The van der Waals surface area contributed by atoms with Gasteiger partial charge in [-0.05, 0) is 37.1 Å². The zero-order valence-corrected chi connectivity index (χ0v) is 16.7. The van der Waals surface area contributed by atoms with Crippen molar-refractivity contribution in [2.75, 3.05) is 19.4 Å². The van der Waals surface area contributed by atoms with Gasteiger partial charge in [-0.3, -0.25) is 9.78 Å². The van der Waals surface area contributed by atoms with Crippen LogP contribution in [0, 0.1) is 5.41 Å². The summed E-state index contributed by atoms with van der Waals surface area (Å²) in [6.07, 6.45) is 4.01. The Morgan fingerprint density at radius 3 is 2.41 bits per heavy atom. The zero-order valence-electron chi connectivity index (χ0n) is 15.9. The molecule has 1 aliphatic rings. The highest BCUT2D eigenvalue weighted by molar-refractivity contribution is 7.90. The van der Waals surface area contributed by atoms with E-state index in [9.17, 15) is 23.4 Å². The van der Waals surface area contributed by atoms with Crippen LogP contribution in [-0.2, 0) is 9.84 Å². The van der Waals surface area contributed by atoms with Crippen molar-refractivity contribution < 1.29 is 28.2 Å². The number of aromatic nitrogens is 2. The van der Waals surface area contributed by atoms with Crippen LogP contribution in [-0.4, -0.2) is 66.1 Å². The average Bonchev–Trinajstić information content (AvgIpc) is 2.99. The van der Waals surface area contributed by atoms with E-state index in [-0.39, 0.29) is 36.6 Å². The standard InChI is InChI=1S/C19H23N3O6S/c1-29(26,27)14-4-2-13(3-5-14)28-12-19(8-16(23)17(24)9-19)11-22-18(25)15-10-20-6-7-21-15/h2-7,10,16-17,23-24H,8-9,11-12H2,1H3,(H,22,25). The summed E-state index contributed by atoms with van der Waals surface area (Å²) in [7, 11) is -3.30. The first-order valence-electron chi connectivity index (χ1n) is 9.02.